The van der Waals surface area contributed by atoms with Crippen molar-refractivity contribution in [2.75, 3.05) is 0 Å². The van der Waals surface area contributed by atoms with Crippen molar-refractivity contribution in [1.82, 2.24) is 15.0 Å². The lowest BCUT2D eigenvalue weighted by Gasteiger charge is -2.05. The summed E-state index contributed by atoms with van der Waals surface area (Å²) < 4.78 is 0. The predicted octanol–water partition coefficient (Wildman–Crippen LogP) is 3.22. The molecule has 6 heteroatoms. The maximum absolute atomic E-state index is 10.8. The normalized spacial score (nSPS) is 10.8. The summed E-state index contributed by atoms with van der Waals surface area (Å²) in [6, 6.07) is 8.45. The lowest BCUT2D eigenvalue weighted by atomic mass is 10.1. The maximum Gasteiger partial charge on any atom is 0.269 e. The summed E-state index contributed by atoms with van der Waals surface area (Å²) in [5.41, 5.74) is 4.01. The fourth-order valence-corrected chi connectivity index (χ4v) is 2.17. The molecular weight excluding hydrogens is 268 g/mol. The highest BCUT2D eigenvalue weighted by atomic mass is 16.6. The number of nitro benzene ring substituents is 1. The highest BCUT2D eigenvalue weighted by molar-refractivity contribution is 5.76. The Morgan fingerprint density at radius 3 is 2.57 bits per heavy atom. The zero-order valence-corrected chi connectivity index (χ0v) is 11.6. The third kappa shape index (κ3) is 2.43. The van der Waals surface area contributed by atoms with Gasteiger partial charge in [0.15, 0.2) is 5.82 Å². The SMILES string of the molecule is Cc1ccc2nc(-c3ccc([N+](=O)[O-])cc3C)ncc2n1. The number of aromatic nitrogens is 3. The summed E-state index contributed by atoms with van der Waals surface area (Å²) in [7, 11) is 0. The summed E-state index contributed by atoms with van der Waals surface area (Å²) in [4.78, 5) is 23.5. The van der Waals surface area contributed by atoms with Gasteiger partial charge in [0.2, 0.25) is 0 Å². The zero-order chi connectivity index (χ0) is 15.0. The highest BCUT2D eigenvalue weighted by Crippen LogP contribution is 2.25. The number of rotatable bonds is 2. The van der Waals surface area contributed by atoms with E-state index in [1.165, 1.54) is 12.1 Å². The van der Waals surface area contributed by atoms with Crippen LogP contribution in [0.4, 0.5) is 5.69 Å². The number of benzene rings is 1. The zero-order valence-electron chi connectivity index (χ0n) is 11.6. The molecule has 2 aromatic heterocycles. The fourth-order valence-electron chi connectivity index (χ4n) is 2.17. The average Bonchev–Trinajstić information content (AvgIpc) is 2.46. The minimum Gasteiger partial charge on any atom is -0.258 e. The fraction of sp³-hybridized carbons (Fsp3) is 0.133. The van der Waals surface area contributed by atoms with E-state index in [0.29, 0.717) is 5.82 Å². The van der Waals surface area contributed by atoms with Crippen molar-refractivity contribution in [3.63, 3.8) is 0 Å². The van der Waals surface area contributed by atoms with E-state index in [2.05, 4.69) is 15.0 Å². The van der Waals surface area contributed by atoms with Crippen molar-refractivity contribution in [2.45, 2.75) is 13.8 Å². The minimum atomic E-state index is -0.412. The van der Waals surface area contributed by atoms with Crippen LogP contribution in [0.25, 0.3) is 22.4 Å². The first kappa shape index (κ1) is 13.1. The van der Waals surface area contributed by atoms with Crippen LogP contribution in [0.1, 0.15) is 11.3 Å². The van der Waals surface area contributed by atoms with Crippen LogP contribution in [0.2, 0.25) is 0 Å². The van der Waals surface area contributed by atoms with Gasteiger partial charge in [-0.3, -0.25) is 10.1 Å². The van der Waals surface area contributed by atoms with Gasteiger partial charge in [-0.1, -0.05) is 0 Å². The summed E-state index contributed by atoms with van der Waals surface area (Å²) in [6.45, 7) is 3.72. The van der Waals surface area contributed by atoms with E-state index < -0.39 is 4.92 Å². The van der Waals surface area contributed by atoms with Gasteiger partial charge in [0.05, 0.1) is 16.6 Å². The second-order valence-corrected chi connectivity index (χ2v) is 4.81. The van der Waals surface area contributed by atoms with Crippen molar-refractivity contribution in [1.29, 1.82) is 0 Å². The first-order valence-corrected chi connectivity index (χ1v) is 6.40. The Balaban J connectivity index is 2.12. The van der Waals surface area contributed by atoms with Gasteiger partial charge in [-0.25, -0.2) is 15.0 Å². The largest absolute Gasteiger partial charge is 0.269 e. The van der Waals surface area contributed by atoms with Crippen LogP contribution in [0.15, 0.2) is 36.5 Å². The summed E-state index contributed by atoms with van der Waals surface area (Å²) in [6.07, 6.45) is 1.67. The molecule has 0 aliphatic heterocycles. The third-order valence-electron chi connectivity index (χ3n) is 3.24. The molecule has 0 aliphatic carbocycles. The Hall–Kier alpha value is -2.89. The molecule has 3 rings (SSSR count). The molecule has 21 heavy (non-hydrogen) atoms. The van der Waals surface area contributed by atoms with Crippen molar-refractivity contribution in [3.05, 3.63) is 57.9 Å². The van der Waals surface area contributed by atoms with Crippen LogP contribution >= 0.6 is 0 Å². The van der Waals surface area contributed by atoms with Crippen LogP contribution in [-0.2, 0) is 0 Å². The first-order valence-electron chi connectivity index (χ1n) is 6.40. The van der Waals surface area contributed by atoms with Gasteiger partial charge in [0.25, 0.3) is 5.69 Å². The number of fused-ring (bicyclic) bond motifs is 1. The van der Waals surface area contributed by atoms with Crippen LogP contribution < -0.4 is 0 Å². The third-order valence-corrected chi connectivity index (χ3v) is 3.24. The molecular formula is C15H12N4O2. The van der Waals surface area contributed by atoms with Gasteiger partial charge in [0.1, 0.15) is 5.52 Å². The van der Waals surface area contributed by atoms with Gasteiger partial charge >= 0.3 is 0 Å². The molecule has 0 amide bonds. The van der Waals surface area contributed by atoms with E-state index in [9.17, 15) is 10.1 Å². The molecule has 3 aromatic rings. The molecule has 0 atom stereocenters. The van der Waals surface area contributed by atoms with E-state index in [0.717, 1.165) is 27.9 Å². The predicted molar refractivity (Wildman–Crippen MR) is 78.9 cm³/mol. The standard InChI is InChI=1S/C15H12N4O2/c1-9-7-11(19(20)21)4-5-12(9)15-16-8-14-13(18-15)6-3-10(2)17-14/h3-8H,1-2H3. The summed E-state index contributed by atoms with van der Waals surface area (Å²) in [5.74, 6) is 0.542. The van der Waals surface area contributed by atoms with Crippen LogP contribution in [0.5, 0.6) is 0 Å². The highest BCUT2D eigenvalue weighted by Gasteiger charge is 2.11. The summed E-state index contributed by atoms with van der Waals surface area (Å²) >= 11 is 0. The Bertz CT molecular complexity index is 861. The number of hydrogen-bond acceptors (Lipinski definition) is 5. The van der Waals surface area contributed by atoms with E-state index in [1.54, 1.807) is 12.3 Å². The second-order valence-electron chi connectivity index (χ2n) is 4.81. The van der Waals surface area contributed by atoms with E-state index >= 15 is 0 Å². The van der Waals surface area contributed by atoms with Crippen molar-refractivity contribution >= 4 is 16.7 Å². The average molecular weight is 280 g/mol. The molecule has 0 radical (unpaired) electrons. The van der Waals surface area contributed by atoms with Gasteiger partial charge in [0, 0.05) is 23.4 Å². The monoisotopic (exact) mass is 280 g/mol. The number of pyridine rings is 1. The molecule has 0 saturated carbocycles. The molecule has 0 saturated heterocycles. The summed E-state index contributed by atoms with van der Waals surface area (Å²) in [5, 5.41) is 10.8. The number of nitro groups is 1. The molecule has 0 aliphatic rings. The van der Waals surface area contributed by atoms with Gasteiger partial charge in [-0.2, -0.15) is 0 Å². The number of aryl methyl sites for hydroxylation is 2. The molecule has 0 N–H and O–H groups in total. The van der Waals surface area contributed by atoms with Gasteiger partial charge < -0.3 is 0 Å². The Morgan fingerprint density at radius 1 is 1.05 bits per heavy atom. The van der Waals surface area contributed by atoms with Crippen LogP contribution in [0, 0.1) is 24.0 Å². The number of hydrogen-bond donors (Lipinski definition) is 0. The van der Waals surface area contributed by atoms with E-state index in [4.69, 9.17) is 0 Å². The molecule has 104 valence electrons. The van der Waals surface area contributed by atoms with Crippen molar-refractivity contribution < 1.29 is 4.92 Å². The molecule has 0 spiro atoms. The Morgan fingerprint density at radius 2 is 1.86 bits per heavy atom. The lowest BCUT2D eigenvalue weighted by Crippen LogP contribution is -1.95. The minimum absolute atomic E-state index is 0.0642. The van der Waals surface area contributed by atoms with E-state index in [1.807, 2.05) is 26.0 Å². The molecule has 6 nitrogen and oxygen atoms in total. The second kappa shape index (κ2) is 4.90. The molecule has 1 aromatic carbocycles. The lowest BCUT2D eigenvalue weighted by molar-refractivity contribution is -0.384. The molecule has 2 heterocycles. The molecule has 0 fully saturated rings. The number of non-ortho nitro benzene ring substituents is 1. The van der Waals surface area contributed by atoms with Crippen molar-refractivity contribution in [2.24, 2.45) is 0 Å². The Kier molecular flexibility index (Phi) is 3.06. The Labute approximate surface area is 120 Å². The molecule has 0 bridgehead atoms. The van der Waals surface area contributed by atoms with Crippen LogP contribution in [0.3, 0.4) is 0 Å². The first-order chi connectivity index (χ1) is 10.0. The maximum atomic E-state index is 10.8. The topological polar surface area (TPSA) is 81.8 Å². The van der Waals surface area contributed by atoms with Gasteiger partial charge in [-0.15, -0.1) is 0 Å². The molecule has 0 unspecified atom stereocenters. The van der Waals surface area contributed by atoms with Crippen molar-refractivity contribution in [3.8, 4) is 11.4 Å². The quantitative estimate of drug-likeness (QED) is 0.531. The van der Waals surface area contributed by atoms with E-state index in [-0.39, 0.29) is 5.69 Å². The van der Waals surface area contributed by atoms with Gasteiger partial charge in [-0.05, 0) is 37.6 Å². The number of nitrogens with zero attached hydrogens (tertiary/aromatic N) is 4. The smallest absolute Gasteiger partial charge is 0.258 e. The van der Waals surface area contributed by atoms with Crippen LogP contribution in [-0.4, -0.2) is 19.9 Å².